The molecule has 2 fully saturated rings. The molecule has 104 valence electrons. The quantitative estimate of drug-likeness (QED) is 0.462. The van der Waals surface area contributed by atoms with E-state index in [1.165, 1.54) is 38.8 Å². The molecule has 1 aliphatic heterocycles. The summed E-state index contributed by atoms with van der Waals surface area (Å²) < 4.78 is 5.34. The van der Waals surface area contributed by atoms with Crippen LogP contribution in [0.15, 0.2) is 4.99 Å². The van der Waals surface area contributed by atoms with E-state index in [9.17, 15) is 0 Å². The van der Waals surface area contributed by atoms with Crippen LogP contribution in [0.4, 0.5) is 0 Å². The first-order valence-electron chi connectivity index (χ1n) is 7.33. The zero-order valence-corrected chi connectivity index (χ0v) is 11.9. The molecule has 1 aliphatic carbocycles. The van der Waals surface area contributed by atoms with Crippen LogP contribution in [0.3, 0.4) is 0 Å². The lowest BCUT2D eigenvalue weighted by Crippen LogP contribution is -2.42. The van der Waals surface area contributed by atoms with E-state index in [0.717, 1.165) is 32.1 Å². The molecule has 0 atom stereocenters. The molecule has 4 heteroatoms. The summed E-state index contributed by atoms with van der Waals surface area (Å²) in [5.74, 6) is 1.08. The average molecular weight is 253 g/mol. The van der Waals surface area contributed by atoms with Gasteiger partial charge in [-0.25, -0.2) is 0 Å². The third-order valence-corrected chi connectivity index (χ3v) is 4.32. The first-order valence-corrected chi connectivity index (χ1v) is 7.33. The van der Waals surface area contributed by atoms with Crippen molar-refractivity contribution in [3.05, 3.63) is 0 Å². The van der Waals surface area contributed by atoms with E-state index in [1.54, 1.807) is 0 Å². The molecule has 2 rings (SSSR count). The number of guanidine groups is 1. The highest BCUT2D eigenvalue weighted by Gasteiger charge is 2.43. The van der Waals surface area contributed by atoms with Crippen molar-refractivity contribution in [1.82, 2.24) is 10.2 Å². The van der Waals surface area contributed by atoms with Crippen molar-refractivity contribution in [1.29, 1.82) is 0 Å². The molecule has 18 heavy (non-hydrogen) atoms. The Morgan fingerprint density at radius 2 is 2.22 bits per heavy atom. The second-order valence-electron chi connectivity index (χ2n) is 5.55. The molecule has 1 N–H and O–H groups in total. The van der Waals surface area contributed by atoms with Crippen LogP contribution in [0.1, 0.15) is 39.0 Å². The topological polar surface area (TPSA) is 36.9 Å². The molecule has 1 saturated carbocycles. The van der Waals surface area contributed by atoms with Gasteiger partial charge < -0.3 is 15.0 Å². The molecule has 1 spiro atoms. The maximum atomic E-state index is 5.34. The van der Waals surface area contributed by atoms with Crippen LogP contribution in [0.5, 0.6) is 0 Å². The Morgan fingerprint density at radius 3 is 2.78 bits per heavy atom. The predicted molar refractivity (Wildman–Crippen MR) is 74.9 cm³/mol. The monoisotopic (exact) mass is 253 g/mol. The Kier molecular flexibility index (Phi) is 4.87. The van der Waals surface area contributed by atoms with E-state index in [4.69, 9.17) is 4.74 Å². The van der Waals surface area contributed by atoms with Gasteiger partial charge in [0.05, 0.1) is 0 Å². The van der Waals surface area contributed by atoms with Crippen molar-refractivity contribution < 1.29 is 4.74 Å². The van der Waals surface area contributed by atoms with Gasteiger partial charge >= 0.3 is 0 Å². The number of ether oxygens (including phenoxy) is 1. The van der Waals surface area contributed by atoms with Gasteiger partial charge in [0.1, 0.15) is 0 Å². The van der Waals surface area contributed by atoms with E-state index in [-0.39, 0.29) is 0 Å². The minimum Gasteiger partial charge on any atom is -0.382 e. The van der Waals surface area contributed by atoms with E-state index in [2.05, 4.69) is 15.2 Å². The second kappa shape index (κ2) is 6.41. The Labute approximate surface area is 111 Å². The van der Waals surface area contributed by atoms with E-state index >= 15 is 0 Å². The summed E-state index contributed by atoms with van der Waals surface area (Å²) in [6.45, 7) is 7.02. The average Bonchev–Trinajstić information content (AvgIpc) is 2.79. The normalized spacial score (nSPS) is 22.3. The van der Waals surface area contributed by atoms with Crippen molar-refractivity contribution in [2.24, 2.45) is 10.4 Å². The fourth-order valence-corrected chi connectivity index (χ4v) is 3.05. The molecule has 0 unspecified atom stereocenters. The molecule has 1 heterocycles. The van der Waals surface area contributed by atoms with Gasteiger partial charge in [-0.2, -0.15) is 0 Å². The molecule has 0 aromatic heterocycles. The van der Waals surface area contributed by atoms with Crippen molar-refractivity contribution >= 4 is 5.96 Å². The zero-order valence-electron chi connectivity index (χ0n) is 11.9. The van der Waals surface area contributed by atoms with Gasteiger partial charge in [0.2, 0.25) is 0 Å². The molecule has 0 radical (unpaired) electrons. The lowest BCUT2D eigenvalue weighted by Gasteiger charge is -2.38. The van der Waals surface area contributed by atoms with Crippen LogP contribution < -0.4 is 5.32 Å². The standard InChI is InChI=1S/C14H27N3O/c1-3-18-11-5-9-16-13(15-2)17-10-8-14(12-17)6-4-7-14/h3-12H2,1-2H3,(H,15,16). The summed E-state index contributed by atoms with van der Waals surface area (Å²) in [6.07, 6.45) is 6.67. The van der Waals surface area contributed by atoms with Gasteiger partial charge in [0, 0.05) is 39.9 Å². The summed E-state index contributed by atoms with van der Waals surface area (Å²) in [5, 5.41) is 3.45. The van der Waals surface area contributed by atoms with Crippen LogP contribution in [-0.4, -0.2) is 50.8 Å². The number of likely N-dealkylation sites (tertiary alicyclic amines) is 1. The number of aliphatic imine (C=N–C) groups is 1. The summed E-state index contributed by atoms with van der Waals surface area (Å²) in [4.78, 5) is 6.83. The molecular formula is C14H27N3O. The highest BCUT2D eigenvalue weighted by molar-refractivity contribution is 5.80. The van der Waals surface area contributed by atoms with E-state index in [1.807, 2.05) is 14.0 Å². The Bertz CT molecular complexity index is 287. The third kappa shape index (κ3) is 3.16. The molecule has 1 saturated heterocycles. The van der Waals surface area contributed by atoms with Crippen LogP contribution in [0.2, 0.25) is 0 Å². The molecule has 0 amide bonds. The van der Waals surface area contributed by atoms with Crippen molar-refractivity contribution in [3.63, 3.8) is 0 Å². The maximum absolute atomic E-state index is 5.34. The summed E-state index contributed by atoms with van der Waals surface area (Å²) >= 11 is 0. The predicted octanol–water partition coefficient (Wildman–Crippen LogP) is 1.86. The van der Waals surface area contributed by atoms with Gasteiger partial charge in [0.25, 0.3) is 0 Å². The highest BCUT2D eigenvalue weighted by Crippen LogP contribution is 2.47. The van der Waals surface area contributed by atoms with Crippen LogP contribution in [0.25, 0.3) is 0 Å². The SMILES string of the molecule is CCOCCCNC(=NC)N1CCC2(CCC2)C1. The zero-order chi connectivity index (χ0) is 12.8. The van der Waals surface area contributed by atoms with Gasteiger partial charge in [-0.3, -0.25) is 4.99 Å². The highest BCUT2D eigenvalue weighted by atomic mass is 16.5. The van der Waals surface area contributed by atoms with Crippen molar-refractivity contribution in [2.75, 3.05) is 39.9 Å². The minimum atomic E-state index is 0.642. The lowest BCUT2D eigenvalue weighted by molar-refractivity contribution is 0.145. The number of nitrogens with zero attached hydrogens (tertiary/aromatic N) is 2. The molecule has 4 nitrogen and oxygen atoms in total. The van der Waals surface area contributed by atoms with Crippen molar-refractivity contribution in [2.45, 2.75) is 39.0 Å². The Balaban J connectivity index is 1.69. The first kappa shape index (κ1) is 13.7. The van der Waals surface area contributed by atoms with Gasteiger partial charge in [-0.15, -0.1) is 0 Å². The Hall–Kier alpha value is -0.770. The second-order valence-corrected chi connectivity index (χ2v) is 5.55. The first-order chi connectivity index (χ1) is 8.79. The maximum Gasteiger partial charge on any atom is 0.193 e. The smallest absolute Gasteiger partial charge is 0.193 e. The van der Waals surface area contributed by atoms with Gasteiger partial charge in [-0.05, 0) is 38.0 Å². The molecule has 0 bridgehead atoms. The largest absolute Gasteiger partial charge is 0.382 e. The summed E-state index contributed by atoms with van der Waals surface area (Å²) in [5.41, 5.74) is 0.642. The van der Waals surface area contributed by atoms with E-state index in [0.29, 0.717) is 5.41 Å². The van der Waals surface area contributed by atoms with Gasteiger partial charge in [0.15, 0.2) is 5.96 Å². The fraction of sp³-hybridized carbons (Fsp3) is 0.929. The van der Waals surface area contributed by atoms with Crippen LogP contribution >= 0.6 is 0 Å². The summed E-state index contributed by atoms with van der Waals surface area (Å²) in [7, 11) is 1.89. The number of nitrogens with one attached hydrogen (secondary N) is 1. The Morgan fingerprint density at radius 1 is 1.39 bits per heavy atom. The van der Waals surface area contributed by atoms with Gasteiger partial charge in [-0.1, -0.05) is 6.42 Å². The molecule has 0 aromatic rings. The van der Waals surface area contributed by atoms with E-state index < -0.39 is 0 Å². The number of rotatable bonds is 5. The van der Waals surface area contributed by atoms with Crippen LogP contribution in [0, 0.1) is 5.41 Å². The third-order valence-electron chi connectivity index (χ3n) is 4.32. The number of hydrogen-bond acceptors (Lipinski definition) is 2. The van der Waals surface area contributed by atoms with Crippen LogP contribution in [-0.2, 0) is 4.74 Å². The number of hydrogen-bond donors (Lipinski definition) is 1. The molecule has 2 aliphatic rings. The molecular weight excluding hydrogens is 226 g/mol. The van der Waals surface area contributed by atoms with Crippen molar-refractivity contribution in [3.8, 4) is 0 Å². The fourth-order valence-electron chi connectivity index (χ4n) is 3.05. The minimum absolute atomic E-state index is 0.642. The lowest BCUT2D eigenvalue weighted by atomic mass is 9.68. The molecule has 0 aromatic carbocycles. The summed E-state index contributed by atoms with van der Waals surface area (Å²) in [6, 6.07) is 0.